The molecule has 0 aliphatic carbocycles. The molecule has 1 unspecified atom stereocenters. The lowest BCUT2D eigenvalue weighted by atomic mass is 10.1. The Balaban J connectivity index is 2.07. The van der Waals surface area contributed by atoms with E-state index < -0.39 is 0 Å². The van der Waals surface area contributed by atoms with Gasteiger partial charge in [0.2, 0.25) is 0 Å². The summed E-state index contributed by atoms with van der Waals surface area (Å²) < 4.78 is 5.60. The van der Waals surface area contributed by atoms with Crippen LogP contribution in [0.2, 0.25) is 0 Å². The van der Waals surface area contributed by atoms with Crippen LogP contribution in [-0.2, 0) is 0 Å². The maximum atomic E-state index is 5.60. The van der Waals surface area contributed by atoms with Gasteiger partial charge in [-0.15, -0.1) is 0 Å². The van der Waals surface area contributed by atoms with E-state index in [2.05, 4.69) is 49.0 Å². The van der Waals surface area contributed by atoms with Crippen molar-refractivity contribution in [2.24, 2.45) is 0 Å². The van der Waals surface area contributed by atoms with Gasteiger partial charge in [0.15, 0.2) is 0 Å². The summed E-state index contributed by atoms with van der Waals surface area (Å²) in [6.45, 7) is 15.0. The van der Waals surface area contributed by atoms with Crippen molar-refractivity contribution in [1.82, 2.24) is 9.88 Å². The maximum absolute atomic E-state index is 5.60. The molecule has 4 nitrogen and oxygen atoms in total. The monoisotopic (exact) mass is 343 g/mol. The minimum atomic E-state index is 0.437. The summed E-state index contributed by atoms with van der Waals surface area (Å²) >= 11 is 0. The molecule has 0 bridgehead atoms. The molecule has 25 heavy (non-hydrogen) atoms. The zero-order chi connectivity index (χ0) is 18.2. The summed E-state index contributed by atoms with van der Waals surface area (Å²) in [5.41, 5.74) is 3.37. The van der Waals surface area contributed by atoms with Gasteiger partial charge < -0.3 is 15.0 Å². The fourth-order valence-electron chi connectivity index (χ4n) is 3.20. The second-order valence-electron chi connectivity index (χ2n) is 6.64. The first-order valence-corrected chi connectivity index (χ1v) is 9.60. The van der Waals surface area contributed by atoms with Gasteiger partial charge >= 0.3 is 0 Å². The average Bonchev–Trinajstić information content (AvgIpc) is 2.61. The summed E-state index contributed by atoms with van der Waals surface area (Å²) in [6.07, 6.45) is 4.33. The molecule has 1 aromatic carbocycles. The molecule has 0 saturated heterocycles. The number of fused-ring (bicyclic) bond motifs is 1. The summed E-state index contributed by atoms with van der Waals surface area (Å²) in [6, 6.07) is 6.61. The van der Waals surface area contributed by atoms with Crippen LogP contribution in [0.4, 0.5) is 5.69 Å². The largest absolute Gasteiger partial charge is 0.494 e. The van der Waals surface area contributed by atoms with E-state index in [-0.39, 0.29) is 0 Å². The SMILES string of the molecule is CCOc1ccc2c(NC(C)CCCN(CC)CC)c(C)cnc2c1. The van der Waals surface area contributed by atoms with E-state index in [4.69, 9.17) is 4.74 Å². The number of nitrogens with one attached hydrogen (secondary N) is 1. The van der Waals surface area contributed by atoms with Crippen LogP contribution in [0.1, 0.15) is 46.1 Å². The normalized spacial score (nSPS) is 12.6. The van der Waals surface area contributed by atoms with Crippen LogP contribution >= 0.6 is 0 Å². The maximum Gasteiger partial charge on any atom is 0.121 e. The Bertz CT molecular complexity index is 667. The lowest BCUT2D eigenvalue weighted by Crippen LogP contribution is -2.25. The molecule has 0 aliphatic rings. The lowest BCUT2D eigenvalue weighted by Gasteiger charge is -2.21. The number of aromatic nitrogens is 1. The number of nitrogens with zero attached hydrogens (tertiary/aromatic N) is 2. The third kappa shape index (κ3) is 5.33. The van der Waals surface area contributed by atoms with Crippen LogP contribution in [0.15, 0.2) is 24.4 Å². The summed E-state index contributed by atoms with van der Waals surface area (Å²) in [5, 5.41) is 4.88. The molecule has 1 N–H and O–H groups in total. The van der Waals surface area contributed by atoms with Gasteiger partial charge in [-0.3, -0.25) is 4.98 Å². The zero-order valence-electron chi connectivity index (χ0n) is 16.4. The van der Waals surface area contributed by atoms with E-state index in [1.54, 1.807) is 0 Å². The highest BCUT2D eigenvalue weighted by molar-refractivity contribution is 5.93. The second-order valence-corrected chi connectivity index (χ2v) is 6.64. The molecule has 138 valence electrons. The van der Waals surface area contributed by atoms with Crippen molar-refractivity contribution in [1.29, 1.82) is 0 Å². The summed E-state index contributed by atoms with van der Waals surface area (Å²) in [5.74, 6) is 0.879. The van der Waals surface area contributed by atoms with Crippen LogP contribution in [-0.4, -0.2) is 42.2 Å². The van der Waals surface area contributed by atoms with Gasteiger partial charge in [-0.05, 0) is 70.9 Å². The molecule has 4 heteroatoms. The predicted molar refractivity (Wildman–Crippen MR) is 108 cm³/mol. The van der Waals surface area contributed by atoms with Gasteiger partial charge in [0.1, 0.15) is 5.75 Å². The van der Waals surface area contributed by atoms with Crippen molar-refractivity contribution < 1.29 is 4.74 Å². The van der Waals surface area contributed by atoms with E-state index in [1.807, 2.05) is 25.3 Å². The Hall–Kier alpha value is -1.81. The number of hydrogen-bond acceptors (Lipinski definition) is 4. The molecule has 0 saturated carbocycles. The molecule has 2 aromatic rings. The van der Waals surface area contributed by atoms with E-state index in [1.165, 1.54) is 29.6 Å². The van der Waals surface area contributed by atoms with Crippen molar-refractivity contribution in [3.05, 3.63) is 30.0 Å². The van der Waals surface area contributed by atoms with Gasteiger partial charge in [0.05, 0.1) is 12.1 Å². The standard InChI is InChI=1S/C21H33N3O/c1-6-24(7-2)13-9-10-17(5)23-21-16(4)15-22-20-14-18(25-8-3)11-12-19(20)21/h11-12,14-15,17H,6-10,13H2,1-5H3,(H,22,23). The lowest BCUT2D eigenvalue weighted by molar-refractivity contribution is 0.295. The van der Waals surface area contributed by atoms with Crippen LogP contribution in [0.3, 0.4) is 0 Å². The molecular weight excluding hydrogens is 310 g/mol. The average molecular weight is 344 g/mol. The molecule has 2 rings (SSSR count). The third-order valence-corrected chi connectivity index (χ3v) is 4.74. The minimum absolute atomic E-state index is 0.437. The molecule has 0 aliphatic heterocycles. The Morgan fingerprint density at radius 1 is 1.20 bits per heavy atom. The van der Waals surface area contributed by atoms with Gasteiger partial charge in [-0.25, -0.2) is 0 Å². The van der Waals surface area contributed by atoms with Gasteiger partial charge in [-0.2, -0.15) is 0 Å². The predicted octanol–water partition coefficient (Wildman–Crippen LogP) is 4.86. The molecule has 1 heterocycles. The van der Waals surface area contributed by atoms with Gasteiger partial charge in [0.25, 0.3) is 0 Å². The van der Waals surface area contributed by atoms with Crippen LogP contribution < -0.4 is 10.1 Å². The fraction of sp³-hybridized carbons (Fsp3) is 0.571. The first-order valence-electron chi connectivity index (χ1n) is 9.60. The number of ether oxygens (including phenoxy) is 1. The van der Waals surface area contributed by atoms with Crippen molar-refractivity contribution in [3.8, 4) is 5.75 Å². The van der Waals surface area contributed by atoms with Crippen molar-refractivity contribution in [2.45, 2.75) is 53.5 Å². The minimum Gasteiger partial charge on any atom is -0.494 e. The van der Waals surface area contributed by atoms with E-state index in [0.29, 0.717) is 12.6 Å². The first kappa shape index (κ1) is 19.5. The zero-order valence-corrected chi connectivity index (χ0v) is 16.4. The van der Waals surface area contributed by atoms with E-state index in [0.717, 1.165) is 30.8 Å². The van der Waals surface area contributed by atoms with Crippen LogP contribution in [0.5, 0.6) is 5.75 Å². The van der Waals surface area contributed by atoms with Crippen molar-refractivity contribution in [2.75, 3.05) is 31.6 Å². The number of pyridine rings is 1. The Morgan fingerprint density at radius 3 is 2.64 bits per heavy atom. The number of aryl methyl sites for hydroxylation is 1. The van der Waals surface area contributed by atoms with E-state index in [9.17, 15) is 0 Å². The highest BCUT2D eigenvalue weighted by Crippen LogP contribution is 2.29. The summed E-state index contributed by atoms with van der Waals surface area (Å²) in [4.78, 5) is 7.05. The molecule has 0 amide bonds. The molecule has 1 atom stereocenters. The first-order chi connectivity index (χ1) is 12.1. The molecular formula is C21H33N3O. The quantitative estimate of drug-likeness (QED) is 0.668. The smallest absolute Gasteiger partial charge is 0.121 e. The highest BCUT2D eigenvalue weighted by Gasteiger charge is 2.11. The fourth-order valence-corrected chi connectivity index (χ4v) is 3.20. The van der Waals surface area contributed by atoms with Crippen LogP contribution in [0, 0.1) is 6.92 Å². The molecule has 1 aromatic heterocycles. The van der Waals surface area contributed by atoms with Crippen LogP contribution in [0.25, 0.3) is 10.9 Å². The Kier molecular flexibility index (Phi) is 7.51. The van der Waals surface area contributed by atoms with Gasteiger partial charge in [0, 0.05) is 29.4 Å². The number of anilines is 1. The highest BCUT2D eigenvalue weighted by atomic mass is 16.5. The molecule has 0 fully saturated rings. The number of rotatable bonds is 10. The second kappa shape index (κ2) is 9.62. The van der Waals surface area contributed by atoms with Crippen molar-refractivity contribution in [3.63, 3.8) is 0 Å². The number of benzene rings is 1. The van der Waals surface area contributed by atoms with Gasteiger partial charge in [-0.1, -0.05) is 13.8 Å². The molecule has 0 radical (unpaired) electrons. The third-order valence-electron chi connectivity index (χ3n) is 4.74. The van der Waals surface area contributed by atoms with E-state index >= 15 is 0 Å². The van der Waals surface area contributed by atoms with Crippen molar-refractivity contribution >= 4 is 16.6 Å². The molecule has 0 spiro atoms. The Morgan fingerprint density at radius 2 is 1.96 bits per heavy atom. The Labute approximate surface area is 152 Å². The topological polar surface area (TPSA) is 37.4 Å². The number of hydrogen-bond donors (Lipinski definition) is 1. The summed E-state index contributed by atoms with van der Waals surface area (Å²) in [7, 11) is 0.